The van der Waals surface area contributed by atoms with E-state index in [1.165, 1.54) is 67.1 Å². The fraction of sp³-hybridized carbons (Fsp3) is 0.444. The van der Waals surface area contributed by atoms with Gasteiger partial charge in [0.15, 0.2) is 0 Å². The minimum atomic E-state index is -0.0865. The van der Waals surface area contributed by atoms with Crippen LogP contribution in [-0.2, 0) is 5.41 Å². The molecule has 2 unspecified atom stereocenters. The molecule has 5 aliphatic carbocycles. The van der Waals surface area contributed by atoms with E-state index in [-0.39, 0.29) is 10.8 Å². The van der Waals surface area contributed by atoms with Crippen molar-refractivity contribution in [3.05, 3.63) is 85.2 Å². The summed E-state index contributed by atoms with van der Waals surface area (Å²) in [6.07, 6.45) is 11.9. The molecule has 0 amide bonds. The van der Waals surface area contributed by atoms with Crippen LogP contribution in [0.4, 0.5) is 0 Å². The maximum atomic E-state index is 4.65. The third-order valence-electron chi connectivity index (χ3n) is 10.9. The lowest BCUT2D eigenvalue weighted by molar-refractivity contribution is 0.510. The fourth-order valence-electron chi connectivity index (χ4n) is 8.76. The molecular weight excluding hydrogens is 488 g/mol. The predicted octanol–water partition coefficient (Wildman–Crippen LogP) is 7.29. The van der Waals surface area contributed by atoms with Crippen molar-refractivity contribution in [3.8, 4) is 0 Å². The molecule has 0 spiro atoms. The van der Waals surface area contributed by atoms with Crippen molar-refractivity contribution in [1.82, 2.24) is 10.6 Å². The third kappa shape index (κ3) is 2.78. The molecule has 0 saturated carbocycles. The van der Waals surface area contributed by atoms with Gasteiger partial charge in [-0.1, -0.05) is 79.2 Å². The average molecular weight is 529 g/mol. The first-order valence-electron chi connectivity index (χ1n) is 15.1. The van der Waals surface area contributed by atoms with Gasteiger partial charge in [0, 0.05) is 57.0 Å². The molecule has 2 N–H and O–H groups in total. The van der Waals surface area contributed by atoms with Gasteiger partial charge in [0.1, 0.15) is 6.67 Å². The van der Waals surface area contributed by atoms with Crippen LogP contribution in [0.5, 0.6) is 0 Å². The Morgan fingerprint density at radius 3 is 2.50 bits per heavy atom. The van der Waals surface area contributed by atoms with E-state index in [0.29, 0.717) is 30.3 Å². The summed E-state index contributed by atoms with van der Waals surface area (Å²) in [7, 11) is 0. The first kappa shape index (κ1) is 24.4. The highest BCUT2D eigenvalue weighted by atomic mass is 15.0. The average Bonchev–Trinajstić information content (AvgIpc) is 3.30. The Bertz CT molecular complexity index is 1690. The first-order valence-corrected chi connectivity index (χ1v) is 15.1. The number of hydrogen-bond acceptors (Lipinski definition) is 4. The Kier molecular flexibility index (Phi) is 4.67. The molecular formula is C36H40N4. The fourth-order valence-corrected chi connectivity index (χ4v) is 8.76. The van der Waals surface area contributed by atoms with Gasteiger partial charge >= 0.3 is 0 Å². The van der Waals surface area contributed by atoms with E-state index in [1.54, 1.807) is 11.1 Å². The highest BCUT2D eigenvalue weighted by Gasteiger charge is 2.51. The highest BCUT2D eigenvalue weighted by molar-refractivity contribution is 6.03. The first-order chi connectivity index (χ1) is 19.0. The maximum absolute atomic E-state index is 4.65. The molecule has 7 aliphatic rings. The standard InChI is InChI=1S/C36H40N4/c1-17(2)19-9-23-30-22(12-26-31(23)33-27(36(26,7)8)13-37-15-39-33)20(18(3)4)10-24-29(30)21(19)11-25-32(24)34-28(35(25,5)6)14-38-16-40-34/h9-13,16-18,21,29,39H,14-15H2,1-8H3,(H,38,40). The Hall–Kier alpha value is -3.40. The summed E-state index contributed by atoms with van der Waals surface area (Å²) in [6.45, 7) is 20.5. The van der Waals surface area contributed by atoms with Crippen molar-refractivity contribution in [2.45, 2.75) is 66.7 Å². The van der Waals surface area contributed by atoms with Gasteiger partial charge in [-0.3, -0.25) is 9.98 Å². The second-order valence-corrected chi connectivity index (χ2v) is 14.3. The topological polar surface area (TPSA) is 48.8 Å². The van der Waals surface area contributed by atoms with Crippen molar-refractivity contribution >= 4 is 29.9 Å². The van der Waals surface area contributed by atoms with Gasteiger partial charge in [0.05, 0.1) is 12.9 Å². The number of nitrogens with one attached hydrogen (secondary N) is 2. The molecule has 40 heavy (non-hydrogen) atoms. The summed E-state index contributed by atoms with van der Waals surface area (Å²) >= 11 is 0. The van der Waals surface area contributed by atoms with Crippen LogP contribution in [-0.4, -0.2) is 25.8 Å². The number of nitrogens with zero attached hydrogens (tertiary/aromatic N) is 2. The predicted molar refractivity (Wildman–Crippen MR) is 167 cm³/mol. The van der Waals surface area contributed by atoms with E-state index in [0.717, 1.165) is 6.54 Å². The third-order valence-corrected chi connectivity index (χ3v) is 10.9. The van der Waals surface area contributed by atoms with Crippen molar-refractivity contribution in [2.24, 2.45) is 33.2 Å². The van der Waals surface area contributed by atoms with Gasteiger partial charge in [0.25, 0.3) is 0 Å². The Morgan fingerprint density at radius 1 is 0.950 bits per heavy atom. The summed E-state index contributed by atoms with van der Waals surface area (Å²) in [6, 6.07) is 2.56. The lowest BCUT2D eigenvalue weighted by Crippen LogP contribution is -2.32. The second-order valence-electron chi connectivity index (χ2n) is 14.3. The smallest absolute Gasteiger partial charge is 0.107 e. The zero-order valence-corrected chi connectivity index (χ0v) is 25.1. The molecule has 4 heteroatoms. The van der Waals surface area contributed by atoms with Gasteiger partial charge in [-0.15, -0.1) is 0 Å². The summed E-state index contributed by atoms with van der Waals surface area (Å²) in [5.74, 6) is 1.58. The zero-order chi connectivity index (χ0) is 27.9. The van der Waals surface area contributed by atoms with Gasteiger partial charge in [-0.25, -0.2) is 0 Å². The molecule has 2 aliphatic heterocycles. The van der Waals surface area contributed by atoms with Crippen LogP contribution >= 0.6 is 0 Å². The van der Waals surface area contributed by atoms with Gasteiger partial charge in [0.2, 0.25) is 0 Å². The highest BCUT2D eigenvalue weighted by Crippen LogP contribution is 2.63. The van der Waals surface area contributed by atoms with Crippen LogP contribution in [0.2, 0.25) is 0 Å². The lowest BCUT2D eigenvalue weighted by Gasteiger charge is -2.45. The van der Waals surface area contributed by atoms with E-state index < -0.39 is 0 Å². The monoisotopic (exact) mass is 528 g/mol. The molecule has 0 saturated heterocycles. The van der Waals surface area contributed by atoms with E-state index in [1.807, 2.05) is 6.34 Å². The van der Waals surface area contributed by atoms with Gasteiger partial charge in [-0.05, 0) is 62.4 Å². The number of aliphatic imine (C=N–C) groups is 2. The number of hydrogen-bond donors (Lipinski definition) is 2. The number of benzene rings is 1. The van der Waals surface area contributed by atoms with Gasteiger partial charge in [-0.2, -0.15) is 0 Å². The van der Waals surface area contributed by atoms with E-state index in [2.05, 4.69) is 107 Å². The molecule has 0 aromatic heterocycles. The van der Waals surface area contributed by atoms with E-state index >= 15 is 0 Å². The van der Waals surface area contributed by atoms with Crippen molar-refractivity contribution < 1.29 is 0 Å². The summed E-state index contributed by atoms with van der Waals surface area (Å²) in [5.41, 5.74) is 20.0. The van der Waals surface area contributed by atoms with E-state index in [9.17, 15) is 0 Å². The molecule has 0 fully saturated rings. The Morgan fingerprint density at radius 2 is 1.75 bits per heavy atom. The van der Waals surface area contributed by atoms with E-state index in [4.69, 9.17) is 0 Å². The van der Waals surface area contributed by atoms with Crippen LogP contribution in [0.3, 0.4) is 0 Å². The number of allylic oxidation sites excluding steroid dienone is 7. The normalized spacial score (nSPS) is 27.5. The summed E-state index contributed by atoms with van der Waals surface area (Å²) < 4.78 is 0. The van der Waals surface area contributed by atoms with Crippen LogP contribution in [0.15, 0.2) is 67.3 Å². The number of rotatable bonds is 2. The molecule has 4 nitrogen and oxygen atoms in total. The van der Waals surface area contributed by atoms with Gasteiger partial charge < -0.3 is 10.6 Å². The molecule has 2 atom stereocenters. The van der Waals surface area contributed by atoms with Crippen LogP contribution in [0, 0.1) is 23.2 Å². The molecule has 204 valence electrons. The second kappa shape index (κ2) is 7.66. The Labute approximate surface area is 238 Å². The zero-order valence-electron chi connectivity index (χ0n) is 25.1. The molecule has 0 radical (unpaired) electrons. The lowest BCUT2D eigenvalue weighted by atomic mass is 9.58. The minimum Gasteiger partial charge on any atom is -0.365 e. The van der Waals surface area contributed by atoms with Crippen LogP contribution in [0.25, 0.3) is 17.3 Å². The molecule has 0 bridgehead atoms. The summed E-state index contributed by atoms with van der Waals surface area (Å²) in [5, 5.41) is 7.33. The number of fused-ring (bicyclic) bond motifs is 5. The molecule has 2 heterocycles. The van der Waals surface area contributed by atoms with Crippen molar-refractivity contribution in [1.29, 1.82) is 0 Å². The van der Waals surface area contributed by atoms with Crippen molar-refractivity contribution in [3.63, 3.8) is 0 Å². The van der Waals surface area contributed by atoms with Crippen LogP contribution < -0.4 is 10.6 Å². The maximum Gasteiger partial charge on any atom is 0.107 e. The quantitative estimate of drug-likeness (QED) is 0.424. The van der Waals surface area contributed by atoms with Crippen LogP contribution in [0.1, 0.15) is 89.1 Å². The SMILES string of the molecule is CC(C)C1=CC2=C3C(=CC4C(C(C)C)=Cc5c6c(cc1c5C24)C(C)(C)C1=C6NCN=C1)C(C)(C)C1=C3NC=NC1. The van der Waals surface area contributed by atoms with Crippen molar-refractivity contribution in [2.75, 3.05) is 13.2 Å². The molecule has 1 aromatic carbocycles. The Balaban J connectivity index is 1.51. The largest absolute Gasteiger partial charge is 0.365 e. The minimum absolute atomic E-state index is 0.0328. The molecule has 1 aromatic rings. The summed E-state index contributed by atoms with van der Waals surface area (Å²) in [4.78, 5) is 9.29. The molecule has 8 rings (SSSR count).